The van der Waals surface area contributed by atoms with E-state index >= 15 is 0 Å². The Morgan fingerprint density at radius 1 is 1.25 bits per heavy atom. The molecular formula is C24H33ClN8O9S2. The van der Waals surface area contributed by atoms with Gasteiger partial charge in [0.25, 0.3) is 11.8 Å². The molecule has 4 N–H and O–H groups in total. The van der Waals surface area contributed by atoms with Crippen molar-refractivity contribution in [3.63, 3.8) is 0 Å². The fourth-order valence-electron chi connectivity index (χ4n) is 4.75. The van der Waals surface area contributed by atoms with Crippen LogP contribution >= 0.6 is 35.7 Å². The summed E-state index contributed by atoms with van der Waals surface area (Å²) < 4.78 is 9.78. The number of hydrogen-bond donors (Lipinski definition) is 3. The maximum atomic E-state index is 13.2. The number of hydrogen-bond acceptors (Lipinski definition) is 14. The topological polar surface area (TPSA) is 230 Å². The Labute approximate surface area is 266 Å². The van der Waals surface area contributed by atoms with Crippen LogP contribution in [-0.4, -0.2) is 133 Å². The number of quaternary nitrogens is 1. The van der Waals surface area contributed by atoms with E-state index < -0.39 is 59.2 Å². The summed E-state index contributed by atoms with van der Waals surface area (Å²) in [5, 5.41) is 26.4. The van der Waals surface area contributed by atoms with Crippen LogP contribution in [0, 0.1) is 0 Å². The summed E-state index contributed by atoms with van der Waals surface area (Å²) in [4.78, 5) is 73.0. The summed E-state index contributed by atoms with van der Waals surface area (Å²) in [7, 11) is 1.95. The Morgan fingerprint density at radius 3 is 2.45 bits per heavy atom. The standard InChI is InChI=1S/C24H32N8O9S2.ClH/c1-24(2,3)41-23(39)30-5-7-32(4,8-6-30)9-12-11-42-20-15(19(36)31(20)16(12)21(37)38)26-18(35)14(28-40-10-13(33)34)17-27-22(25)43-29-17;/h15,20H,5-11H2,1-4H3,(H4-,25,26,27,29,33,34,35,37,38);1H/t15-,20+;/m1./s1. The Balaban J connectivity index is 0.00000529. The minimum atomic E-state index is -1.51. The number of oxime groups is 1. The molecule has 3 aliphatic heterocycles. The number of fused-ring (bicyclic) bond motifs is 1. The maximum Gasteiger partial charge on any atom is 0.410 e. The van der Waals surface area contributed by atoms with Gasteiger partial charge in [0.2, 0.25) is 18.1 Å². The van der Waals surface area contributed by atoms with E-state index in [1.807, 2.05) is 7.05 Å². The molecule has 0 aromatic carbocycles. The number of nitrogen functional groups attached to an aromatic ring is 1. The fraction of sp³-hybridized carbons (Fsp3) is 0.583. The smallest absolute Gasteiger partial charge is 0.410 e. The van der Waals surface area contributed by atoms with Gasteiger partial charge in [0.05, 0.1) is 44.9 Å². The number of nitrogens with zero attached hydrogens (tertiary/aromatic N) is 6. The van der Waals surface area contributed by atoms with Gasteiger partial charge in [-0.3, -0.25) is 19.4 Å². The number of ether oxygens (including phenoxy) is 1. The number of thioether (sulfide) groups is 1. The molecule has 0 saturated carbocycles. The van der Waals surface area contributed by atoms with Gasteiger partial charge in [-0.2, -0.15) is 9.36 Å². The molecule has 1 aromatic heterocycles. The Kier molecular flexibility index (Phi) is 10.7. The van der Waals surface area contributed by atoms with Gasteiger partial charge in [0, 0.05) is 22.9 Å². The highest BCUT2D eigenvalue weighted by molar-refractivity contribution is 8.00. The van der Waals surface area contributed by atoms with Crippen molar-refractivity contribution in [1.29, 1.82) is 0 Å². The average Bonchev–Trinajstić information content (AvgIpc) is 3.33. The molecule has 0 radical (unpaired) electrons. The summed E-state index contributed by atoms with van der Waals surface area (Å²) >= 11 is 2.04. The van der Waals surface area contributed by atoms with Gasteiger partial charge >= 0.3 is 12.1 Å². The van der Waals surface area contributed by atoms with Gasteiger partial charge in [0.1, 0.15) is 23.6 Å². The molecule has 1 aromatic rings. The molecule has 0 bridgehead atoms. The second-order valence-corrected chi connectivity index (χ2v) is 13.2. The first kappa shape index (κ1) is 34.8. The minimum absolute atomic E-state index is 0. The summed E-state index contributed by atoms with van der Waals surface area (Å²) in [6.07, 6.45) is -0.403. The molecule has 44 heavy (non-hydrogen) atoms. The van der Waals surface area contributed by atoms with Crippen molar-refractivity contribution in [2.45, 2.75) is 37.8 Å². The Hall–Kier alpha value is -3.68. The van der Waals surface area contributed by atoms with E-state index in [1.54, 1.807) is 25.7 Å². The third-order valence-electron chi connectivity index (χ3n) is 6.78. The first-order chi connectivity index (χ1) is 20.1. The van der Waals surface area contributed by atoms with Crippen molar-refractivity contribution in [3.05, 3.63) is 17.1 Å². The van der Waals surface area contributed by atoms with Gasteiger partial charge in [-0.05, 0) is 20.8 Å². The van der Waals surface area contributed by atoms with Crippen molar-refractivity contribution >= 4 is 76.4 Å². The number of carboxylic acids is 2. The zero-order valence-electron chi connectivity index (χ0n) is 24.3. The first-order valence-corrected chi connectivity index (χ1v) is 14.9. The second kappa shape index (κ2) is 13.5. The van der Waals surface area contributed by atoms with Gasteiger partial charge in [0.15, 0.2) is 5.13 Å². The van der Waals surface area contributed by atoms with Crippen LogP contribution in [-0.2, 0) is 28.8 Å². The highest BCUT2D eigenvalue weighted by Gasteiger charge is 2.54. The molecule has 2 saturated heterocycles. The number of anilines is 1. The van der Waals surface area contributed by atoms with E-state index in [2.05, 4.69) is 24.7 Å². The van der Waals surface area contributed by atoms with Gasteiger partial charge < -0.3 is 40.1 Å². The number of nitrogens with one attached hydrogen (secondary N) is 1. The quantitative estimate of drug-likeness (QED) is 0.117. The van der Waals surface area contributed by atoms with Gasteiger partial charge in [-0.1, -0.05) is 5.16 Å². The predicted molar refractivity (Wildman–Crippen MR) is 157 cm³/mol. The Bertz CT molecular complexity index is 1390. The van der Waals surface area contributed by atoms with E-state index in [9.17, 15) is 29.1 Å². The summed E-state index contributed by atoms with van der Waals surface area (Å²) in [6, 6.07) is -1.11. The predicted octanol–water partition coefficient (Wildman–Crippen LogP) is -1.55. The zero-order chi connectivity index (χ0) is 31.7. The van der Waals surface area contributed by atoms with Crippen LogP contribution in [0.5, 0.6) is 0 Å². The lowest BCUT2D eigenvalue weighted by Crippen LogP contribution is -2.72. The normalized spacial score (nSPS) is 21.5. The molecule has 4 rings (SSSR count). The number of aliphatic carboxylic acids is 2. The number of piperazine rings is 1. The van der Waals surface area contributed by atoms with Gasteiger partial charge in [-0.25, -0.2) is 9.59 Å². The lowest BCUT2D eigenvalue weighted by atomic mass is 10.0. The third kappa shape index (κ3) is 7.88. The van der Waals surface area contributed by atoms with Crippen LogP contribution in [0.15, 0.2) is 16.4 Å². The number of β-lactam (4-membered cyclic amide) rings is 1. The molecular weight excluding hydrogens is 644 g/mol. The average molecular weight is 677 g/mol. The molecule has 0 spiro atoms. The van der Waals surface area contributed by atoms with Crippen molar-refractivity contribution < 1.29 is 48.2 Å². The van der Waals surface area contributed by atoms with Crippen molar-refractivity contribution in [3.8, 4) is 0 Å². The van der Waals surface area contributed by atoms with E-state index in [4.69, 9.17) is 15.6 Å². The second-order valence-electron chi connectivity index (χ2n) is 11.4. The van der Waals surface area contributed by atoms with E-state index in [1.165, 1.54) is 11.8 Å². The van der Waals surface area contributed by atoms with E-state index in [0.29, 0.717) is 42.8 Å². The highest BCUT2D eigenvalue weighted by atomic mass is 35.5. The van der Waals surface area contributed by atoms with Crippen LogP contribution in [0.4, 0.5) is 9.93 Å². The molecule has 4 heterocycles. The molecule has 2 atom stereocenters. The molecule has 0 unspecified atom stereocenters. The van der Waals surface area contributed by atoms with E-state index in [-0.39, 0.29) is 34.8 Å². The first-order valence-electron chi connectivity index (χ1n) is 13.1. The summed E-state index contributed by atoms with van der Waals surface area (Å²) in [5.74, 6) is -4.42. The lowest BCUT2D eigenvalue weighted by Gasteiger charge is -2.51. The lowest BCUT2D eigenvalue weighted by molar-refractivity contribution is -0.908. The molecule has 20 heteroatoms. The molecule has 242 valence electrons. The summed E-state index contributed by atoms with van der Waals surface area (Å²) in [5.41, 5.74) is 4.74. The maximum absolute atomic E-state index is 13.2. The molecule has 17 nitrogen and oxygen atoms in total. The fourth-order valence-corrected chi connectivity index (χ4v) is 6.52. The molecule has 0 aliphatic carbocycles. The number of carbonyl (C=O) groups is 5. The van der Waals surface area contributed by atoms with Crippen LogP contribution in [0.3, 0.4) is 0 Å². The number of carboxylic acid groups (broad SMARTS) is 2. The number of halogens is 1. The number of aromatic nitrogens is 2. The number of likely N-dealkylation sites (N-methyl/N-ethyl adjacent to an activating group) is 1. The van der Waals surface area contributed by atoms with Crippen LogP contribution in [0.25, 0.3) is 0 Å². The molecule has 3 amide bonds. The zero-order valence-corrected chi connectivity index (χ0v) is 26.8. The minimum Gasteiger partial charge on any atom is -0.543 e. The molecule has 3 aliphatic rings. The van der Waals surface area contributed by atoms with Crippen LogP contribution < -0.4 is 16.2 Å². The highest BCUT2D eigenvalue weighted by Crippen LogP contribution is 2.40. The Morgan fingerprint density at radius 2 is 1.91 bits per heavy atom. The van der Waals surface area contributed by atoms with Gasteiger partial charge in [-0.15, -0.1) is 24.2 Å². The largest absolute Gasteiger partial charge is 0.543 e. The number of nitrogens with two attached hydrogens (primary N) is 1. The third-order valence-corrected chi connectivity index (χ3v) is 8.67. The SMILES string of the molecule is CC(C)(C)OC(=O)N1CC[N+](C)(CC2=C(C(=O)[O-])N3C(=O)[C@@H](NC(=O)C(=NOCC(=O)O)c4nsc(N)n4)[C@@H]3SC2)CC1.Cl. The number of carbonyl (C=O) groups excluding carboxylic acids is 4. The van der Waals surface area contributed by atoms with E-state index in [0.717, 1.165) is 16.4 Å². The summed E-state index contributed by atoms with van der Waals surface area (Å²) in [6.45, 7) is 6.79. The number of rotatable bonds is 9. The molecule has 2 fully saturated rings. The van der Waals surface area contributed by atoms with Crippen molar-refractivity contribution in [1.82, 2.24) is 24.5 Å². The monoisotopic (exact) mass is 676 g/mol. The van der Waals surface area contributed by atoms with Crippen molar-refractivity contribution in [2.24, 2.45) is 5.16 Å². The van der Waals surface area contributed by atoms with Crippen LogP contribution in [0.2, 0.25) is 0 Å². The number of amides is 3. The van der Waals surface area contributed by atoms with Crippen molar-refractivity contribution in [2.75, 3.05) is 57.9 Å². The van der Waals surface area contributed by atoms with Crippen LogP contribution in [0.1, 0.15) is 26.6 Å².